The van der Waals surface area contributed by atoms with Crippen molar-refractivity contribution in [1.82, 2.24) is 24.4 Å². The van der Waals surface area contributed by atoms with Gasteiger partial charge in [0.25, 0.3) is 0 Å². The van der Waals surface area contributed by atoms with E-state index < -0.39 is 29.5 Å². The van der Waals surface area contributed by atoms with Gasteiger partial charge in [-0.25, -0.2) is 18.7 Å². The molecule has 0 bridgehead atoms. The van der Waals surface area contributed by atoms with Crippen molar-refractivity contribution < 1.29 is 14.0 Å². The van der Waals surface area contributed by atoms with E-state index in [0.717, 1.165) is 6.07 Å². The molecule has 1 fully saturated rings. The average Bonchev–Trinajstić information content (AvgIpc) is 3.13. The SMILES string of the molecule is C=CC(=O)N1CC(C)N2c3nc(=O)n(-c4c(C)ccnc4C(C)C)c4nc(-c5c(N)c(Cl)cc(Cl)c5F)c(Cl)c(c34)NC(=O)C2C1. The molecule has 2 atom stereocenters. The fraction of sp³-hybridized carbons (Fsp3) is 0.290. The van der Waals surface area contributed by atoms with Crippen LogP contribution < -0.4 is 21.6 Å². The number of fused-ring (bicyclic) bond motifs is 2. The van der Waals surface area contributed by atoms with Gasteiger partial charge in [-0.15, -0.1) is 0 Å². The number of benzene rings is 1. The van der Waals surface area contributed by atoms with Crippen LogP contribution in [0.25, 0.3) is 28.0 Å². The monoisotopic (exact) mass is 684 g/mol. The number of nitrogens with one attached hydrogen (secondary N) is 1. The van der Waals surface area contributed by atoms with Crippen LogP contribution in [0.15, 0.2) is 35.8 Å². The molecule has 1 aromatic carbocycles. The quantitative estimate of drug-likeness (QED) is 0.163. The number of rotatable bonds is 4. The van der Waals surface area contributed by atoms with E-state index >= 15 is 4.39 Å². The number of nitrogens with zero attached hydrogens (tertiary/aromatic N) is 6. The summed E-state index contributed by atoms with van der Waals surface area (Å²) in [5.41, 5.74) is 6.55. The first-order chi connectivity index (χ1) is 21.8. The van der Waals surface area contributed by atoms with Gasteiger partial charge in [0.05, 0.1) is 61.0 Å². The number of piperazine rings is 1. The van der Waals surface area contributed by atoms with Gasteiger partial charge in [-0.1, -0.05) is 55.2 Å². The van der Waals surface area contributed by atoms with Crippen LogP contribution in [0.3, 0.4) is 0 Å². The average molecular weight is 686 g/mol. The van der Waals surface area contributed by atoms with E-state index in [9.17, 15) is 14.4 Å². The molecule has 11 nitrogen and oxygen atoms in total. The van der Waals surface area contributed by atoms with Gasteiger partial charge in [0.15, 0.2) is 11.5 Å². The number of carbonyl (C=O) groups excluding carboxylic acids is 2. The highest BCUT2D eigenvalue weighted by molar-refractivity contribution is 6.40. The molecule has 0 spiro atoms. The van der Waals surface area contributed by atoms with Crippen LogP contribution in [0.2, 0.25) is 15.1 Å². The second-order valence-electron chi connectivity index (χ2n) is 11.6. The Hall–Kier alpha value is -4.26. The van der Waals surface area contributed by atoms with Crippen molar-refractivity contribution in [3.8, 4) is 16.9 Å². The maximum absolute atomic E-state index is 15.8. The molecular weight excluding hydrogens is 658 g/mol. The lowest BCUT2D eigenvalue weighted by Crippen LogP contribution is -2.62. The standard InChI is InChI=1S/C31H28Cl3FN8O3/c1-6-18(44)41-10-14(5)42-17(11-41)30(45)39-26-20-28(38-25(21(26)34)19-22(35)15(32)9-16(33)23(19)36)43(31(46)40-29(20)42)27-13(4)7-8-37-24(27)12(2)3/h6-9,12,14,17H,1,10-11,36H2,2-5H3,(H,39,45). The topological polar surface area (TPSA) is 139 Å². The summed E-state index contributed by atoms with van der Waals surface area (Å²) < 4.78 is 17.1. The molecule has 2 amide bonds. The van der Waals surface area contributed by atoms with Crippen molar-refractivity contribution in [2.45, 2.75) is 45.7 Å². The molecule has 4 aromatic rings. The van der Waals surface area contributed by atoms with Crippen LogP contribution >= 0.6 is 34.8 Å². The lowest BCUT2D eigenvalue weighted by molar-refractivity contribution is -0.128. The number of aromatic nitrogens is 4. The number of pyridine rings is 2. The van der Waals surface area contributed by atoms with Gasteiger partial charge >= 0.3 is 5.69 Å². The van der Waals surface area contributed by atoms with Crippen molar-refractivity contribution in [3.63, 3.8) is 0 Å². The van der Waals surface area contributed by atoms with E-state index in [0.29, 0.717) is 16.9 Å². The molecule has 46 heavy (non-hydrogen) atoms. The molecule has 1 saturated heterocycles. The number of nitrogen functional groups attached to an aromatic ring is 1. The van der Waals surface area contributed by atoms with Crippen LogP contribution in [0.5, 0.6) is 0 Å². The Labute approximate surface area is 277 Å². The minimum Gasteiger partial charge on any atom is -0.397 e. The fourth-order valence-corrected chi connectivity index (χ4v) is 6.92. The number of carbonyl (C=O) groups is 2. The maximum Gasteiger partial charge on any atom is 0.355 e. The predicted octanol–water partition coefficient (Wildman–Crippen LogP) is 5.50. The molecule has 0 radical (unpaired) electrons. The zero-order valence-electron chi connectivity index (χ0n) is 25.2. The van der Waals surface area contributed by atoms with Gasteiger partial charge in [-0.2, -0.15) is 4.98 Å². The summed E-state index contributed by atoms with van der Waals surface area (Å²) in [6.45, 7) is 11.2. The molecule has 2 aliphatic heterocycles. The minimum atomic E-state index is -0.973. The van der Waals surface area contributed by atoms with E-state index in [1.165, 1.54) is 15.5 Å². The molecule has 15 heteroatoms. The molecule has 5 heterocycles. The second-order valence-corrected chi connectivity index (χ2v) is 12.8. The van der Waals surface area contributed by atoms with Gasteiger partial charge in [0.2, 0.25) is 11.8 Å². The zero-order chi connectivity index (χ0) is 33.4. The van der Waals surface area contributed by atoms with E-state index in [2.05, 4.69) is 21.9 Å². The Morgan fingerprint density at radius 1 is 1.20 bits per heavy atom. The third-order valence-corrected chi connectivity index (χ3v) is 9.24. The highest BCUT2D eigenvalue weighted by Crippen LogP contribution is 2.47. The Morgan fingerprint density at radius 3 is 2.59 bits per heavy atom. The Morgan fingerprint density at radius 2 is 1.91 bits per heavy atom. The number of anilines is 3. The molecule has 238 valence electrons. The van der Waals surface area contributed by atoms with Gasteiger partial charge in [-0.3, -0.25) is 14.6 Å². The molecule has 3 N–H and O–H groups in total. The molecule has 0 saturated carbocycles. The molecule has 6 rings (SSSR count). The number of amides is 2. The van der Waals surface area contributed by atoms with Crippen LogP contribution in [0.4, 0.5) is 21.6 Å². The third kappa shape index (κ3) is 4.78. The maximum atomic E-state index is 15.8. The predicted molar refractivity (Wildman–Crippen MR) is 178 cm³/mol. The van der Waals surface area contributed by atoms with Gasteiger partial charge in [0, 0.05) is 18.8 Å². The number of hydrogen-bond acceptors (Lipinski definition) is 8. The van der Waals surface area contributed by atoms with Gasteiger partial charge in [-0.05, 0) is 43.5 Å². The fourth-order valence-electron chi connectivity index (χ4n) is 6.18. The highest BCUT2D eigenvalue weighted by atomic mass is 35.5. The summed E-state index contributed by atoms with van der Waals surface area (Å²) in [5, 5.41) is 2.52. The van der Waals surface area contributed by atoms with Gasteiger partial charge in [0.1, 0.15) is 11.9 Å². The Bertz CT molecular complexity index is 2040. The first-order valence-electron chi connectivity index (χ1n) is 14.3. The van der Waals surface area contributed by atoms with Crippen LogP contribution in [-0.2, 0) is 9.59 Å². The first kappa shape index (κ1) is 31.7. The van der Waals surface area contributed by atoms with E-state index in [4.69, 9.17) is 45.5 Å². The van der Waals surface area contributed by atoms with E-state index in [1.807, 2.05) is 27.7 Å². The highest BCUT2D eigenvalue weighted by Gasteiger charge is 2.43. The van der Waals surface area contributed by atoms with Crippen LogP contribution in [0.1, 0.15) is 37.9 Å². The molecule has 2 unspecified atom stereocenters. The Kier molecular flexibility index (Phi) is 7.94. The minimum absolute atomic E-state index is 0.00930. The van der Waals surface area contributed by atoms with Crippen LogP contribution in [-0.4, -0.2) is 61.4 Å². The van der Waals surface area contributed by atoms with Crippen molar-refractivity contribution in [1.29, 1.82) is 0 Å². The molecule has 3 aromatic heterocycles. The molecule has 2 aliphatic rings. The molecular formula is C31H28Cl3FN8O3. The van der Waals surface area contributed by atoms with Gasteiger partial charge < -0.3 is 20.9 Å². The summed E-state index contributed by atoms with van der Waals surface area (Å²) >= 11 is 19.5. The summed E-state index contributed by atoms with van der Waals surface area (Å²) in [7, 11) is 0. The largest absolute Gasteiger partial charge is 0.397 e. The van der Waals surface area contributed by atoms with Crippen molar-refractivity contribution >= 4 is 74.8 Å². The summed E-state index contributed by atoms with van der Waals surface area (Å²) in [5.74, 6) is -1.84. The van der Waals surface area contributed by atoms with Crippen molar-refractivity contribution in [2.24, 2.45) is 0 Å². The van der Waals surface area contributed by atoms with E-state index in [1.54, 1.807) is 17.2 Å². The normalized spacial score (nSPS) is 17.6. The second kappa shape index (κ2) is 11.5. The van der Waals surface area contributed by atoms with Crippen LogP contribution in [0, 0.1) is 12.7 Å². The zero-order valence-corrected chi connectivity index (χ0v) is 27.4. The third-order valence-electron chi connectivity index (χ3n) is 8.29. The van der Waals surface area contributed by atoms with Crippen molar-refractivity contribution in [3.05, 3.63) is 73.6 Å². The summed E-state index contributed by atoms with van der Waals surface area (Å²) in [6.07, 6.45) is 2.81. The summed E-state index contributed by atoms with van der Waals surface area (Å²) in [6, 6.07) is 1.45. The first-order valence-corrected chi connectivity index (χ1v) is 15.5. The lowest BCUT2D eigenvalue weighted by atomic mass is 10.0. The smallest absolute Gasteiger partial charge is 0.355 e. The summed E-state index contributed by atoms with van der Waals surface area (Å²) in [4.78, 5) is 57.9. The Balaban J connectivity index is 1.79. The number of aryl methyl sites for hydroxylation is 1. The van der Waals surface area contributed by atoms with E-state index in [-0.39, 0.29) is 79.5 Å². The number of hydrogen-bond donors (Lipinski definition) is 2. The number of halogens is 4. The number of nitrogens with two attached hydrogens (primary N) is 1. The lowest BCUT2D eigenvalue weighted by Gasteiger charge is -2.44. The van der Waals surface area contributed by atoms with Crippen molar-refractivity contribution in [2.75, 3.05) is 29.0 Å². The molecule has 0 aliphatic carbocycles.